The average molecular weight is 372 g/mol. The van der Waals surface area contributed by atoms with Gasteiger partial charge in [-0.25, -0.2) is 13.6 Å². The van der Waals surface area contributed by atoms with Gasteiger partial charge in [0.2, 0.25) is 0 Å². The predicted molar refractivity (Wildman–Crippen MR) is 102 cm³/mol. The number of halogens is 2. The Labute approximate surface area is 157 Å². The molecular formula is C20H22F2N4O. The lowest BCUT2D eigenvalue weighted by atomic mass is 10.1. The van der Waals surface area contributed by atoms with Gasteiger partial charge in [-0.1, -0.05) is 0 Å². The van der Waals surface area contributed by atoms with Crippen molar-refractivity contribution in [2.75, 3.05) is 36.0 Å². The van der Waals surface area contributed by atoms with Crippen molar-refractivity contribution in [3.63, 3.8) is 0 Å². The minimum absolute atomic E-state index is 0.151. The van der Waals surface area contributed by atoms with Gasteiger partial charge in [0.1, 0.15) is 11.6 Å². The third-order valence-electron chi connectivity index (χ3n) is 5.12. The van der Waals surface area contributed by atoms with Crippen LogP contribution in [0.1, 0.15) is 12.8 Å². The van der Waals surface area contributed by atoms with Crippen LogP contribution >= 0.6 is 0 Å². The van der Waals surface area contributed by atoms with Gasteiger partial charge in [0.05, 0.1) is 11.4 Å². The minimum Gasteiger partial charge on any atom is -0.338 e. The summed E-state index contributed by atoms with van der Waals surface area (Å²) in [6.45, 7) is 2.75. The fraction of sp³-hybridized carbons (Fsp3) is 0.350. The van der Waals surface area contributed by atoms with Crippen LogP contribution < -0.4 is 20.4 Å². The Balaban J connectivity index is 1.61. The van der Waals surface area contributed by atoms with Crippen LogP contribution in [0, 0.1) is 11.6 Å². The maximum Gasteiger partial charge on any atom is 0.322 e. The Kier molecular flexibility index (Phi) is 4.94. The number of benzene rings is 2. The van der Waals surface area contributed by atoms with E-state index in [-0.39, 0.29) is 23.7 Å². The second-order valence-corrected chi connectivity index (χ2v) is 6.89. The summed E-state index contributed by atoms with van der Waals surface area (Å²) in [5.74, 6) is -0.695. The van der Waals surface area contributed by atoms with Crippen molar-refractivity contribution >= 4 is 23.1 Å². The number of carbonyl (C=O) groups is 1. The zero-order valence-electron chi connectivity index (χ0n) is 14.9. The molecule has 0 radical (unpaired) electrons. The third kappa shape index (κ3) is 3.73. The van der Waals surface area contributed by atoms with Gasteiger partial charge in [-0.05, 0) is 68.4 Å². The predicted octanol–water partition coefficient (Wildman–Crippen LogP) is 3.38. The summed E-state index contributed by atoms with van der Waals surface area (Å²) in [7, 11) is 0. The zero-order valence-corrected chi connectivity index (χ0v) is 14.9. The number of piperidine rings is 1. The lowest BCUT2D eigenvalue weighted by Crippen LogP contribution is -2.51. The van der Waals surface area contributed by atoms with Crippen molar-refractivity contribution in [3.05, 3.63) is 54.1 Å². The average Bonchev–Trinajstić information content (AvgIpc) is 2.68. The van der Waals surface area contributed by atoms with Crippen LogP contribution in [0.15, 0.2) is 42.5 Å². The molecule has 0 aromatic heterocycles. The van der Waals surface area contributed by atoms with Crippen LogP contribution in [0.3, 0.4) is 0 Å². The third-order valence-corrected chi connectivity index (χ3v) is 5.12. The molecule has 0 bridgehead atoms. The number of amides is 2. The van der Waals surface area contributed by atoms with E-state index in [4.69, 9.17) is 0 Å². The molecule has 1 saturated heterocycles. The van der Waals surface area contributed by atoms with E-state index < -0.39 is 0 Å². The van der Waals surface area contributed by atoms with Crippen molar-refractivity contribution in [1.82, 2.24) is 10.6 Å². The van der Waals surface area contributed by atoms with Gasteiger partial charge in [0.15, 0.2) is 0 Å². The molecule has 4 rings (SSSR count). The van der Waals surface area contributed by atoms with E-state index >= 15 is 0 Å². The fourth-order valence-corrected chi connectivity index (χ4v) is 3.70. The van der Waals surface area contributed by atoms with Gasteiger partial charge in [0.25, 0.3) is 0 Å². The standard InChI is InChI=1S/C20H22F2N4O/c21-14-1-4-17(5-2-14)25-11-12-26(18-6-3-15(22)13-19(18)25)20(27)24-16-7-9-23-10-8-16/h1-6,13,16,23H,7-12H2,(H,24,27). The Morgan fingerprint density at radius 2 is 1.67 bits per heavy atom. The van der Waals surface area contributed by atoms with Crippen molar-refractivity contribution < 1.29 is 13.6 Å². The van der Waals surface area contributed by atoms with Crippen LogP contribution in [0.4, 0.5) is 30.6 Å². The van der Waals surface area contributed by atoms with Crippen LogP contribution in [-0.2, 0) is 0 Å². The van der Waals surface area contributed by atoms with Crippen LogP contribution in [-0.4, -0.2) is 38.3 Å². The first kappa shape index (κ1) is 17.7. The number of hydrogen-bond donors (Lipinski definition) is 2. The Hall–Kier alpha value is -2.67. The molecular weight excluding hydrogens is 350 g/mol. The molecule has 2 aliphatic rings. The van der Waals surface area contributed by atoms with Crippen LogP contribution in [0.25, 0.3) is 0 Å². The summed E-state index contributed by atoms with van der Waals surface area (Å²) < 4.78 is 27.2. The highest BCUT2D eigenvalue weighted by Crippen LogP contribution is 2.38. The van der Waals surface area contributed by atoms with E-state index in [0.717, 1.165) is 31.6 Å². The highest BCUT2D eigenvalue weighted by atomic mass is 19.1. The van der Waals surface area contributed by atoms with Gasteiger partial charge in [-0.3, -0.25) is 4.90 Å². The summed E-state index contributed by atoms with van der Waals surface area (Å²) in [5, 5.41) is 6.37. The molecule has 7 heteroatoms. The topological polar surface area (TPSA) is 47.6 Å². The molecule has 27 heavy (non-hydrogen) atoms. The van der Waals surface area contributed by atoms with Gasteiger partial charge in [0, 0.05) is 24.8 Å². The van der Waals surface area contributed by atoms with Crippen molar-refractivity contribution in [2.24, 2.45) is 0 Å². The number of fused-ring (bicyclic) bond motifs is 1. The number of nitrogens with one attached hydrogen (secondary N) is 2. The Morgan fingerprint density at radius 3 is 2.41 bits per heavy atom. The van der Waals surface area contributed by atoms with Crippen molar-refractivity contribution in [1.29, 1.82) is 0 Å². The molecule has 142 valence electrons. The maximum absolute atomic E-state index is 13.9. The zero-order chi connectivity index (χ0) is 18.8. The number of carbonyl (C=O) groups excluding carboxylic acids is 1. The van der Waals surface area contributed by atoms with Crippen molar-refractivity contribution in [3.8, 4) is 0 Å². The monoisotopic (exact) mass is 372 g/mol. The molecule has 2 aliphatic heterocycles. The molecule has 0 saturated carbocycles. The smallest absolute Gasteiger partial charge is 0.322 e. The van der Waals surface area contributed by atoms with Crippen LogP contribution in [0.2, 0.25) is 0 Å². The normalized spacial score (nSPS) is 17.6. The molecule has 0 atom stereocenters. The lowest BCUT2D eigenvalue weighted by Gasteiger charge is -2.38. The Morgan fingerprint density at radius 1 is 0.963 bits per heavy atom. The second-order valence-electron chi connectivity index (χ2n) is 6.89. The van der Waals surface area contributed by atoms with Gasteiger partial charge in [-0.2, -0.15) is 0 Å². The first-order chi connectivity index (χ1) is 13.1. The number of anilines is 3. The van der Waals surface area contributed by atoms with E-state index in [0.29, 0.717) is 24.5 Å². The first-order valence-electron chi connectivity index (χ1n) is 9.23. The summed E-state index contributed by atoms with van der Waals surface area (Å²) in [6.07, 6.45) is 1.80. The van der Waals surface area contributed by atoms with E-state index in [9.17, 15) is 13.6 Å². The summed E-state index contributed by atoms with van der Waals surface area (Å²) in [5.41, 5.74) is 2.02. The number of rotatable bonds is 2. The summed E-state index contributed by atoms with van der Waals surface area (Å²) in [4.78, 5) is 16.4. The second kappa shape index (κ2) is 7.52. The van der Waals surface area contributed by atoms with Crippen molar-refractivity contribution in [2.45, 2.75) is 18.9 Å². The molecule has 0 aliphatic carbocycles. The molecule has 0 spiro atoms. The van der Waals surface area contributed by atoms with E-state index in [1.165, 1.54) is 24.3 Å². The molecule has 2 N–H and O–H groups in total. The molecule has 2 aromatic carbocycles. The quantitative estimate of drug-likeness (QED) is 0.850. The van der Waals surface area contributed by atoms with E-state index in [1.54, 1.807) is 23.1 Å². The molecule has 2 aromatic rings. The summed E-state index contributed by atoms with van der Waals surface area (Å²) >= 11 is 0. The molecule has 1 fully saturated rings. The molecule has 0 unspecified atom stereocenters. The highest BCUT2D eigenvalue weighted by molar-refractivity contribution is 5.98. The van der Waals surface area contributed by atoms with Gasteiger partial charge in [-0.15, -0.1) is 0 Å². The van der Waals surface area contributed by atoms with Gasteiger partial charge < -0.3 is 15.5 Å². The highest BCUT2D eigenvalue weighted by Gasteiger charge is 2.29. The SMILES string of the molecule is O=C(NC1CCNCC1)N1CCN(c2ccc(F)cc2)c2cc(F)ccc21. The van der Waals surface area contributed by atoms with E-state index in [2.05, 4.69) is 10.6 Å². The molecule has 2 amide bonds. The maximum atomic E-state index is 13.9. The first-order valence-corrected chi connectivity index (χ1v) is 9.23. The lowest BCUT2D eigenvalue weighted by molar-refractivity contribution is 0.239. The minimum atomic E-state index is -0.374. The number of hydrogen-bond acceptors (Lipinski definition) is 3. The largest absolute Gasteiger partial charge is 0.338 e. The summed E-state index contributed by atoms with van der Waals surface area (Å²) in [6, 6.07) is 10.5. The molecule has 2 heterocycles. The fourth-order valence-electron chi connectivity index (χ4n) is 3.70. The number of urea groups is 1. The molecule has 5 nitrogen and oxygen atoms in total. The van der Waals surface area contributed by atoms with Gasteiger partial charge >= 0.3 is 6.03 Å². The number of nitrogens with zero attached hydrogens (tertiary/aromatic N) is 2. The van der Waals surface area contributed by atoms with Crippen LogP contribution in [0.5, 0.6) is 0 Å². The van der Waals surface area contributed by atoms with E-state index in [1.807, 2.05) is 4.90 Å². The Bertz CT molecular complexity index is 821.